The van der Waals surface area contributed by atoms with E-state index in [0.717, 1.165) is 0 Å². The largest absolute Gasteiger partial charge is 0.382 e. The summed E-state index contributed by atoms with van der Waals surface area (Å²) in [6.45, 7) is -0.0536. The molecule has 1 aromatic rings. The van der Waals surface area contributed by atoms with E-state index in [1.165, 1.54) is 12.3 Å². The lowest BCUT2D eigenvalue weighted by molar-refractivity contribution is 0.207. The molecule has 84 valence electrons. The second kappa shape index (κ2) is 6.74. The summed E-state index contributed by atoms with van der Waals surface area (Å²) in [4.78, 5) is 3.85. The summed E-state index contributed by atoms with van der Waals surface area (Å²) >= 11 is 5.61. The van der Waals surface area contributed by atoms with Crippen LogP contribution in [-0.2, 0) is 0 Å². The Morgan fingerprint density at radius 2 is 2.33 bits per heavy atom. The first-order valence-electron chi connectivity index (χ1n) is 3.97. The molecule has 6 heteroatoms. The molecular weight excluding hydrogens is 242 g/mol. The van der Waals surface area contributed by atoms with Crippen molar-refractivity contribution in [2.24, 2.45) is 5.73 Å². The number of halogens is 3. The fourth-order valence-corrected chi connectivity index (χ4v) is 1.07. The van der Waals surface area contributed by atoms with Crippen molar-refractivity contribution in [1.82, 2.24) is 4.98 Å². The highest BCUT2D eigenvalue weighted by Crippen LogP contribution is 2.19. The molecule has 0 saturated carbocycles. The lowest BCUT2D eigenvalue weighted by Crippen LogP contribution is -2.12. The Balaban J connectivity index is 0.00000196. The first-order valence-corrected chi connectivity index (χ1v) is 4.35. The molecule has 0 amide bonds. The van der Waals surface area contributed by atoms with Gasteiger partial charge in [-0.15, -0.1) is 12.4 Å². The van der Waals surface area contributed by atoms with Crippen molar-refractivity contribution >= 4 is 24.0 Å². The zero-order valence-corrected chi connectivity index (χ0v) is 9.30. The van der Waals surface area contributed by atoms with Crippen LogP contribution in [0.5, 0.6) is 0 Å². The van der Waals surface area contributed by atoms with E-state index in [1.807, 2.05) is 0 Å². The number of pyridine rings is 1. The van der Waals surface area contributed by atoms with Crippen LogP contribution >= 0.6 is 24.0 Å². The van der Waals surface area contributed by atoms with Crippen LogP contribution in [0.4, 0.5) is 4.39 Å². The fraction of sp³-hybridized carbons (Fsp3) is 0.222. The van der Waals surface area contributed by atoms with E-state index >= 15 is 0 Å². The Hall–Kier alpha value is -0.680. The third kappa shape index (κ3) is 3.76. The average molecular weight is 253 g/mol. The first kappa shape index (κ1) is 14.3. The molecule has 1 rings (SSSR count). The molecule has 1 atom stereocenters. The quantitative estimate of drug-likeness (QED) is 0.866. The number of aliphatic hydroxyl groups is 1. The predicted molar refractivity (Wildman–Crippen MR) is 59.7 cm³/mol. The summed E-state index contributed by atoms with van der Waals surface area (Å²) in [6, 6.07) is 3.09. The van der Waals surface area contributed by atoms with Crippen molar-refractivity contribution in [3.05, 3.63) is 40.9 Å². The van der Waals surface area contributed by atoms with Gasteiger partial charge in [-0.2, -0.15) is 0 Å². The number of rotatable bonds is 3. The van der Waals surface area contributed by atoms with Crippen molar-refractivity contribution in [1.29, 1.82) is 0 Å². The lowest BCUT2D eigenvalue weighted by Gasteiger charge is -2.11. The summed E-state index contributed by atoms with van der Waals surface area (Å²) in [5.74, 6) is 0. The third-order valence-electron chi connectivity index (χ3n) is 1.76. The number of aromatic nitrogens is 1. The molecule has 1 unspecified atom stereocenters. The van der Waals surface area contributed by atoms with E-state index in [-0.39, 0.29) is 24.5 Å². The minimum atomic E-state index is -1.11. The maximum Gasteiger partial charge on any atom is 0.121 e. The SMILES string of the molecule is Cl.NC/C(=C\F)C(O)c1ccc(Cl)cn1. The Labute approximate surface area is 98.2 Å². The van der Waals surface area contributed by atoms with E-state index in [4.69, 9.17) is 17.3 Å². The van der Waals surface area contributed by atoms with Crippen molar-refractivity contribution in [3.8, 4) is 0 Å². The van der Waals surface area contributed by atoms with Gasteiger partial charge in [-0.3, -0.25) is 4.98 Å². The molecule has 1 aromatic heterocycles. The Bertz CT molecular complexity index is 329. The molecule has 0 aliphatic heterocycles. The maximum atomic E-state index is 12.2. The van der Waals surface area contributed by atoms with Crippen LogP contribution < -0.4 is 5.73 Å². The third-order valence-corrected chi connectivity index (χ3v) is 1.98. The summed E-state index contributed by atoms with van der Waals surface area (Å²) in [5.41, 5.74) is 5.64. The van der Waals surface area contributed by atoms with E-state index in [0.29, 0.717) is 17.0 Å². The van der Waals surface area contributed by atoms with E-state index in [1.54, 1.807) is 6.07 Å². The predicted octanol–water partition coefficient (Wildman–Crippen LogP) is 2.00. The summed E-state index contributed by atoms with van der Waals surface area (Å²) in [7, 11) is 0. The van der Waals surface area contributed by atoms with Gasteiger partial charge in [0.2, 0.25) is 0 Å². The Morgan fingerprint density at radius 3 is 2.73 bits per heavy atom. The van der Waals surface area contributed by atoms with Gasteiger partial charge in [-0.1, -0.05) is 11.6 Å². The average Bonchev–Trinajstić information content (AvgIpc) is 2.20. The Morgan fingerprint density at radius 1 is 1.67 bits per heavy atom. The molecule has 0 saturated heterocycles. The number of hydrogen-bond acceptors (Lipinski definition) is 3. The second-order valence-electron chi connectivity index (χ2n) is 2.69. The Kier molecular flexibility index (Phi) is 6.43. The van der Waals surface area contributed by atoms with Gasteiger partial charge < -0.3 is 10.8 Å². The van der Waals surface area contributed by atoms with Crippen LogP contribution in [0.3, 0.4) is 0 Å². The van der Waals surface area contributed by atoms with Crippen molar-refractivity contribution in [2.45, 2.75) is 6.10 Å². The molecule has 0 aliphatic carbocycles. The number of aliphatic hydroxyl groups excluding tert-OH is 1. The van der Waals surface area contributed by atoms with Gasteiger partial charge >= 0.3 is 0 Å². The molecule has 0 radical (unpaired) electrons. The smallest absolute Gasteiger partial charge is 0.121 e. The monoisotopic (exact) mass is 252 g/mol. The summed E-state index contributed by atoms with van der Waals surface area (Å²) in [6.07, 6.45) is 0.565. The molecule has 0 spiro atoms. The van der Waals surface area contributed by atoms with Crippen LogP contribution in [0, 0.1) is 0 Å². The van der Waals surface area contributed by atoms with Crippen LogP contribution in [-0.4, -0.2) is 16.6 Å². The van der Waals surface area contributed by atoms with Gasteiger partial charge in [-0.05, 0) is 12.1 Å². The van der Waals surface area contributed by atoms with Gasteiger partial charge in [0, 0.05) is 18.3 Å². The molecular formula is C9H11Cl2FN2O. The maximum absolute atomic E-state index is 12.2. The van der Waals surface area contributed by atoms with E-state index in [9.17, 15) is 9.50 Å². The van der Waals surface area contributed by atoms with Crippen LogP contribution in [0.25, 0.3) is 0 Å². The van der Waals surface area contributed by atoms with Crippen LogP contribution in [0.1, 0.15) is 11.8 Å². The van der Waals surface area contributed by atoms with Gasteiger partial charge in [0.15, 0.2) is 0 Å². The van der Waals surface area contributed by atoms with Crippen molar-refractivity contribution in [2.75, 3.05) is 6.54 Å². The summed E-state index contributed by atoms with van der Waals surface area (Å²) in [5, 5.41) is 10.0. The minimum Gasteiger partial charge on any atom is -0.382 e. The normalized spacial score (nSPS) is 13.2. The standard InChI is InChI=1S/C9H10ClFN2O.ClH/c10-7-1-2-8(13-5-7)9(14)6(3-11)4-12;/h1-3,5,9,14H,4,12H2;1H/b6-3+;. The molecule has 1 heterocycles. The molecule has 0 bridgehead atoms. The topological polar surface area (TPSA) is 59.1 Å². The zero-order chi connectivity index (χ0) is 10.6. The highest BCUT2D eigenvalue weighted by atomic mass is 35.5. The number of nitrogens with zero attached hydrogens (tertiary/aromatic N) is 1. The second-order valence-corrected chi connectivity index (χ2v) is 3.13. The van der Waals surface area contributed by atoms with Gasteiger partial charge in [0.05, 0.1) is 17.0 Å². The first-order chi connectivity index (χ1) is 6.69. The van der Waals surface area contributed by atoms with Gasteiger partial charge in [-0.25, -0.2) is 4.39 Å². The molecule has 0 fully saturated rings. The lowest BCUT2D eigenvalue weighted by atomic mass is 10.1. The van der Waals surface area contributed by atoms with E-state index < -0.39 is 6.10 Å². The van der Waals surface area contributed by atoms with Gasteiger partial charge in [0.1, 0.15) is 6.10 Å². The molecule has 3 nitrogen and oxygen atoms in total. The number of hydrogen-bond donors (Lipinski definition) is 2. The van der Waals surface area contributed by atoms with Crippen LogP contribution in [0.15, 0.2) is 30.2 Å². The molecule has 15 heavy (non-hydrogen) atoms. The minimum absolute atomic E-state index is 0. The van der Waals surface area contributed by atoms with Gasteiger partial charge in [0.25, 0.3) is 0 Å². The fourth-order valence-electron chi connectivity index (χ4n) is 0.955. The molecule has 0 aromatic carbocycles. The van der Waals surface area contributed by atoms with Crippen molar-refractivity contribution in [3.63, 3.8) is 0 Å². The number of nitrogens with two attached hydrogens (primary N) is 1. The summed E-state index contributed by atoms with van der Waals surface area (Å²) < 4.78 is 12.2. The molecule has 3 N–H and O–H groups in total. The zero-order valence-electron chi connectivity index (χ0n) is 7.73. The van der Waals surface area contributed by atoms with Crippen molar-refractivity contribution < 1.29 is 9.50 Å². The van der Waals surface area contributed by atoms with E-state index in [2.05, 4.69) is 4.98 Å². The highest BCUT2D eigenvalue weighted by molar-refractivity contribution is 6.30. The highest BCUT2D eigenvalue weighted by Gasteiger charge is 2.13. The molecule has 0 aliphatic rings. The van der Waals surface area contributed by atoms with Crippen LogP contribution in [0.2, 0.25) is 5.02 Å².